The van der Waals surface area contributed by atoms with E-state index in [1.165, 1.54) is 6.07 Å². The van der Waals surface area contributed by atoms with Crippen molar-refractivity contribution in [1.29, 1.82) is 0 Å². The predicted molar refractivity (Wildman–Crippen MR) is 109 cm³/mol. The highest BCUT2D eigenvalue weighted by atomic mass is 35.5. The summed E-state index contributed by atoms with van der Waals surface area (Å²) in [5, 5.41) is 7.83. The first-order valence-electron chi connectivity index (χ1n) is 9.03. The SMILES string of the molecule is Cc1c(C(=O)NC(C)C)oc2c1/C(=N/NC(=O)c1ccc(Cl)cc1Cl)CCC2. The number of hydrogen-bond acceptors (Lipinski definition) is 4. The molecule has 28 heavy (non-hydrogen) atoms. The monoisotopic (exact) mass is 421 g/mol. The van der Waals surface area contributed by atoms with E-state index in [1.807, 2.05) is 20.8 Å². The van der Waals surface area contributed by atoms with Crippen molar-refractivity contribution in [3.05, 3.63) is 56.5 Å². The Morgan fingerprint density at radius 1 is 1.18 bits per heavy atom. The number of fused-ring (bicyclic) bond motifs is 1. The van der Waals surface area contributed by atoms with Crippen LogP contribution in [0.4, 0.5) is 0 Å². The summed E-state index contributed by atoms with van der Waals surface area (Å²) >= 11 is 11.9. The summed E-state index contributed by atoms with van der Waals surface area (Å²) in [7, 11) is 0. The lowest BCUT2D eigenvalue weighted by atomic mass is 9.93. The number of nitrogens with one attached hydrogen (secondary N) is 2. The van der Waals surface area contributed by atoms with Gasteiger partial charge in [0.15, 0.2) is 5.76 Å². The van der Waals surface area contributed by atoms with Crippen molar-refractivity contribution in [3.63, 3.8) is 0 Å². The molecule has 0 atom stereocenters. The lowest BCUT2D eigenvalue weighted by Crippen LogP contribution is -2.30. The van der Waals surface area contributed by atoms with E-state index in [-0.39, 0.29) is 22.5 Å². The van der Waals surface area contributed by atoms with E-state index in [2.05, 4.69) is 15.8 Å². The molecule has 0 radical (unpaired) electrons. The summed E-state index contributed by atoms with van der Waals surface area (Å²) in [4.78, 5) is 24.8. The van der Waals surface area contributed by atoms with Crippen LogP contribution in [0.25, 0.3) is 0 Å². The lowest BCUT2D eigenvalue weighted by molar-refractivity contribution is 0.0911. The number of furan rings is 1. The van der Waals surface area contributed by atoms with Gasteiger partial charge < -0.3 is 9.73 Å². The van der Waals surface area contributed by atoms with Gasteiger partial charge in [-0.2, -0.15) is 5.10 Å². The molecule has 3 rings (SSSR count). The summed E-state index contributed by atoms with van der Waals surface area (Å²) in [6.45, 7) is 5.61. The zero-order chi connectivity index (χ0) is 20.4. The largest absolute Gasteiger partial charge is 0.455 e. The van der Waals surface area contributed by atoms with Gasteiger partial charge in [-0.1, -0.05) is 23.2 Å². The molecule has 0 saturated heterocycles. The second-order valence-corrected chi connectivity index (χ2v) is 7.80. The second-order valence-electron chi connectivity index (χ2n) is 6.96. The molecule has 0 aliphatic heterocycles. The Bertz CT molecular complexity index is 964. The van der Waals surface area contributed by atoms with Gasteiger partial charge in [0.05, 0.1) is 16.3 Å². The molecule has 148 valence electrons. The van der Waals surface area contributed by atoms with Gasteiger partial charge in [-0.05, 0) is 51.8 Å². The predicted octanol–water partition coefficient (Wildman–Crippen LogP) is 4.50. The molecular formula is C20H21Cl2N3O3. The molecule has 1 aliphatic rings. The number of carbonyl (C=O) groups excluding carboxylic acids is 2. The van der Waals surface area contributed by atoms with Gasteiger partial charge in [0.25, 0.3) is 11.8 Å². The maximum Gasteiger partial charge on any atom is 0.287 e. The van der Waals surface area contributed by atoms with E-state index >= 15 is 0 Å². The number of halogens is 2. The van der Waals surface area contributed by atoms with Crippen LogP contribution in [0.1, 0.15) is 64.5 Å². The molecule has 1 heterocycles. The molecule has 0 saturated carbocycles. The fourth-order valence-electron chi connectivity index (χ4n) is 3.18. The molecule has 0 fully saturated rings. The van der Waals surface area contributed by atoms with Crippen LogP contribution < -0.4 is 10.7 Å². The molecule has 0 unspecified atom stereocenters. The van der Waals surface area contributed by atoms with E-state index < -0.39 is 5.91 Å². The smallest absolute Gasteiger partial charge is 0.287 e. The Kier molecular flexibility index (Phi) is 6.10. The summed E-state index contributed by atoms with van der Waals surface area (Å²) in [5.41, 5.74) is 5.04. The first kappa shape index (κ1) is 20.4. The topological polar surface area (TPSA) is 83.7 Å². The normalized spacial score (nSPS) is 14.9. The number of hydrazone groups is 1. The quantitative estimate of drug-likeness (QED) is 0.712. The van der Waals surface area contributed by atoms with E-state index in [0.29, 0.717) is 22.9 Å². The van der Waals surface area contributed by atoms with Crippen LogP contribution in [-0.4, -0.2) is 23.6 Å². The average molecular weight is 422 g/mol. The number of aryl methyl sites for hydroxylation is 1. The van der Waals surface area contributed by atoms with Gasteiger partial charge in [-0.25, -0.2) is 5.43 Å². The van der Waals surface area contributed by atoms with Crippen molar-refractivity contribution in [2.45, 2.75) is 46.1 Å². The van der Waals surface area contributed by atoms with Gasteiger partial charge in [0, 0.05) is 28.6 Å². The fraction of sp³-hybridized carbons (Fsp3) is 0.350. The molecule has 1 aliphatic carbocycles. The number of carbonyl (C=O) groups is 2. The Morgan fingerprint density at radius 2 is 1.93 bits per heavy atom. The third-order valence-electron chi connectivity index (χ3n) is 4.42. The van der Waals surface area contributed by atoms with Gasteiger partial charge in [-0.3, -0.25) is 9.59 Å². The molecule has 6 nitrogen and oxygen atoms in total. The van der Waals surface area contributed by atoms with Crippen LogP contribution in [0.3, 0.4) is 0 Å². The number of nitrogens with zero attached hydrogens (tertiary/aromatic N) is 1. The molecule has 2 N–H and O–H groups in total. The van der Waals surface area contributed by atoms with Crippen molar-refractivity contribution in [1.82, 2.24) is 10.7 Å². The van der Waals surface area contributed by atoms with Crippen LogP contribution in [0.2, 0.25) is 10.0 Å². The first-order chi connectivity index (χ1) is 13.3. The van der Waals surface area contributed by atoms with Crippen LogP contribution in [0.5, 0.6) is 0 Å². The van der Waals surface area contributed by atoms with E-state index in [9.17, 15) is 9.59 Å². The Morgan fingerprint density at radius 3 is 2.61 bits per heavy atom. The molecule has 1 aromatic carbocycles. The van der Waals surface area contributed by atoms with Crippen molar-refractivity contribution in [2.24, 2.45) is 5.10 Å². The molecule has 2 amide bonds. The van der Waals surface area contributed by atoms with Crippen LogP contribution in [0, 0.1) is 6.92 Å². The summed E-state index contributed by atoms with van der Waals surface area (Å²) < 4.78 is 5.81. The van der Waals surface area contributed by atoms with Gasteiger partial charge in [0.2, 0.25) is 0 Å². The average Bonchev–Trinajstić information content (AvgIpc) is 2.97. The van der Waals surface area contributed by atoms with Gasteiger partial charge in [0.1, 0.15) is 5.76 Å². The van der Waals surface area contributed by atoms with Crippen LogP contribution >= 0.6 is 23.2 Å². The van der Waals surface area contributed by atoms with Crippen molar-refractivity contribution in [3.8, 4) is 0 Å². The summed E-state index contributed by atoms with van der Waals surface area (Å²) in [6, 6.07) is 4.65. The van der Waals surface area contributed by atoms with Crippen molar-refractivity contribution in [2.75, 3.05) is 0 Å². The van der Waals surface area contributed by atoms with Crippen LogP contribution in [-0.2, 0) is 6.42 Å². The molecule has 2 aromatic rings. The van der Waals surface area contributed by atoms with Gasteiger partial charge in [-0.15, -0.1) is 0 Å². The van der Waals surface area contributed by atoms with E-state index in [1.54, 1.807) is 12.1 Å². The minimum atomic E-state index is -0.430. The zero-order valence-electron chi connectivity index (χ0n) is 15.9. The summed E-state index contributed by atoms with van der Waals surface area (Å²) in [5.74, 6) is 0.328. The van der Waals surface area contributed by atoms with Gasteiger partial charge >= 0.3 is 0 Å². The number of amides is 2. The minimum absolute atomic E-state index is 0.00516. The maximum absolute atomic E-state index is 12.4. The minimum Gasteiger partial charge on any atom is -0.455 e. The fourth-order valence-corrected chi connectivity index (χ4v) is 3.67. The lowest BCUT2D eigenvalue weighted by Gasteiger charge is -2.13. The van der Waals surface area contributed by atoms with Crippen LogP contribution in [0.15, 0.2) is 27.7 Å². The Labute approximate surface area is 173 Å². The van der Waals surface area contributed by atoms with E-state index in [0.717, 1.165) is 29.7 Å². The molecule has 1 aromatic heterocycles. The number of benzene rings is 1. The Hall–Kier alpha value is -2.31. The molecule has 8 heteroatoms. The molecule has 0 bridgehead atoms. The van der Waals surface area contributed by atoms with Crippen molar-refractivity contribution >= 4 is 40.7 Å². The standard InChI is InChI=1S/C20H21Cl2N3O3/c1-10(2)23-20(27)18-11(3)17-15(5-4-6-16(17)28-18)24-25-19(26)13-8-7-12(21)9-14(13)22/h7-10H,4-6H2,1-3H3,(H,23,27)(H,25,26)/b24-15+. The third kappa shape index (κ3) is 4.23. The summed E-state index contributed by atoms with van der Waals surface area (Å²) in [6.07, 6.45) is 2.22. The van der Waals surface area contributed by atoms with E-state index in [4.69, 9.17) is 27.6 Å². The molecular weight excluding hydrogens is 401 g/mol. The molecule has 0 spiro atoms. The highest BCUT2D eigenvalue weighted by Gasteiger charge is 2.28. The highest BCUT2D eigenvalue weighted by molar-refractivity contribution is 6.36. The zero-order valence-corrected chi connectivity index (χ0v) is 17.4. The first-order valence-corrected chi connectivity index (χ1v) is 9.79. The number of rotatable bonds is 4. The number of hydrogen-bond donors (Lipinski definition) is 2. The third-order valence-corrected chi connectivity index (χ3v) is 4.97. The second kappa shape index (κ2) is 8.37. The van der Waals surface area contributed by atoms with Crippen molar-refractivity contribution < 1.29 is 14.0 Å². The highest BCUT2D eigenvalue weighted by Crippen LogP contribution is 2.30. The Balaban J connectivity index is 1.86. The maximum atomic E-state index is 12.4.